The van der Waals surface area contributed by atoms with Crippen LogP contribution < -0.4 is 5.32 Å². The molecule has 0 radical (unpaired) electrons. The number of anilines is 1. The van der Waals surface area contributed by atoms with Gasteiger partial charge in [-0.2, -0.15) is 13.2 Å². The highest BCUT2D eigenvalue weighted by Gasteiger charge is 2.30. The number of piperidine rings is 1. The summed E-state index contributed by atoms with van der Waals surface area (Å²) in [4.78, 5) is 30.6. The van der Waals surface area contributed by atoms with Crippen molar-refractivity contribution >= 4 is 17.5 Å². The summed E-state index contributed by atoms with van der Waals surface area (Å²) in [6.07, 6.45) is 2.94. The van der Waals surface area contributed by atoms with Gasteiger partial charge in [0.2, 0.25) is 11.8 Å². The van der Waals surface area contributed by atoms with Crippen molar-refractivity contribution in [2.75, 3.05) is 18.4 Å². The molecule has 1 aromatic heterocycles. The Kier molecular flexibility index (Phi) is 7.65. The fraction of sp³-hybridized carbons (Fsp3) is 0.435. The predicted octanol–water partition coefficient (Wildman–Crippen LogP) is 4.69. The standard InChI is InChI=1S/C23H26F3N3O2/c24-23(25,26)19-5-7-20(8-6-19)28-21(30)9-3-18-2-1-15-29(16-18)22(31)10-4-17-11-13-27-14-12-17/h5-8,11-14,18H,1-4,9-10,15-16H2,(H,28,30). The van der Waals surface area contributed by atoms with E-state index in [1.807, 2.05) is 17.0 Å². The summed E-state index contributed by atoms with van der Waals surface area (Å²) in [7, 11) is 0. The Balaban J connectivity index is 1.41. The van der Waals surface area contributed by atoms with Crippen LogP contribution >= 0.6 is 0 Å². The molecule has 2 amide bonds. The largest absolute Gasteiger partial charge is 0.416 e. The van der Waals surface area contributed by atoms with Crippen LogP contribution in [0.5, 0.6) is 0 Å². The molecule has 8 heteroatoms. The van der Waals surface area contributed by atoms with Crippen molar-refractivity contribution < 1.29 is 22.8 Å². The van der Waals surface area contributed by atoms with Crippen LogP contribution in [-0.4, -0.2) is 34.8 Å². The smallest absolute Gasteiger partial charge is 0.342 e. The molecule has 0 aliphatic carbocycles. The fourth-order valence-corrected chi connectivity index (χ4v) is 3.79. The molecule has 0 saturated carbocycles. The van der Waals surface area contributed by atoms with Crippen LogP contribution in [0.4, 0.5) is 18.9 Å². The zero-order valence-corrected chi connectivity index (χ0v) is 17.2. The first-order valence-corrected chi connectivity index (χ1v) is 10.4. The third-order valence-corrected chi connectivity index (χ3v) is 5.52. The first-order valence-electron chi connectivity index (χ1n) is 10.4. The van der Waals surface area contributed by atoms with Crippen molar-refractivity contribution in [1.29, 1.82) is 0 Å². The zero-order chi connectivity index (χ0) is 22.3. The average molecular weight is 433 g/mol. The Morgan fingerprint density at radius 1 is 1.06 bits per heavy atom. The lowest BCUT2D eigenvalue weighted by Gasteiger charge is -2.33. The molecule has 1 N–H and O–H groups in total. The van der Waals surface area contributed by atoms with E-state index in [0.717, 1.165) is 37.1 Å². The number of hydrogen-bond donors (Lipinski definition) is 1. The number of likely N-dealkylation sites (tertiary alicyclic amines) is 1. The molecule has 1 saturated heterocycles. The van der Waals surface area contributed by atoms with Crippen LogP contribution in [0.3, 0.4) is 0 Å². The molecule has 166 valence electrons. The highest BCUT2D eigenvalue weighted by molar-refractivity contribution is 5.90. The SMILES string of the molecule is O=C(CCC1CCCN(C(=O)CCc2ccncc2)C1)Nc1ccc(C(F)(F)F)cc1. The number of nitrogens with zero attached hydrogens (tertiary/aromatic N) is 2. The third kappa shape index (κ3) is 7.08. The van der Waals surface area contributed by atoms with Crippen LogP contribution in [0.1, 0.15) is 43.2 Å². The van der Waals surface area contributed by atoms with E-state index in [0.29, 0.717) is 31.5 Å². The lowest BCUT2D eigenvalue weighted by Crippen LogP contribution is -2.40. The van der Waals surface area contributed by atoms with Gasteiger partial charge in [-0.1, -0.05) is 0 Å². The number of nitrogens with one attached hydrogen (secondary N) is 1. The minimum atomic E-state index is -4.40. The number of amides is 2. The molecule has 3 rings (SSSR count). The first kappa shape index (κ1) is 22.8. The maximum absolute atomic E-state index is 12.6. The number of halogens is 3. The van der Waals surface area contributed by atoms with Gasteiger partial charge in [0, 0.05) is 44.0 Å². The number of pyridine rings is 1. The maximum atomic E-state index is 12.6. The monoisotopic (exact) mass is 433 g/mol. The van der Waals surface area contributed by atoms with Crippen LogP contribution in [0.2, 0.25) is 0 Å². The number of rotatable bonds is 7. The summed E-state index contributed by atoms with van der Waals surface area (Å²) in [5.74, 6) is 0.133. The van der Waals surface area contributed by atoms with Crippen LogP contribution in [0.15, 0.2) is 48.8 Å². The molecular weight excluding hydrogens is 407 g/mol. The second kappa shape index (κ2) is 10.4. The Morgan fingerprint density at radius 3 is 2.45 bits per heavy atom. The maximum Gasteiger partial charge on any atom is 0.416 e. The van der Waals surface area contributed by atoms with Gasteiger partial charge in [-0.25, -0.2) is 0 Å². The van der Waals surface area contributed by atoms with Gasteiger partial charge >= 0.3 is 6.18 Å². The molecule has 2 heterocycles. The van der Waals surface area contributed by atoms with E-state index in [2.05, 4.69) is 10.3 Å². The summed E-state index contributed by atoms with van der Waals surface area (Å²) < 4.78 is 37.8. The molecule has 1 aromatic carbocycles. The van der Waals surface area contributed by atoms with Crippen molar-refractivity contribution in [3.8, 4) is 0 Å². The molecular formula is C23H26F3N3O2. The van der Waals surface area contributed by atoms with Crippen molar-refractivity contribution in [2.24, 2.45) is 5.92 Å². The number of aromatic nitrogens is 1. The Bertz CT molecular complexity index is 870. The minimum absolute atomic E-state index is 0.121. The van der Waals surface area contributed by atoms with Gasteiger partial charge in [-0.3, -0.25) is 14.6 Å². The molecule has 0 bridgehead atoms. The lowest BCUT2D eigenvalue weighted by atomic mass is 9.93. The lowest BCUT2D eigenvalue weighted by molar-refractivity contribution is -0.137. The number of alkyl halides is 3. The quantitative estimate of drug-likeness (QED) is 0.689. The van der Waals surface area contributed by atoms with Gasteiger partial charge in [0.25, 0.3) is 0 Å². The Labute approximate surface area is 179 Å². The number of benzene rings is 1. The minimum Gasteiger partial charge on any atom is -0.342 e. The van der Waals surface area contributed by atoms with Gasteiger partial charge in [-0.05, 0) is 73.6 Å². The number of carbonyl (C=O) groups is 2. The van der Waals surface area contributed by atoms with Gasteiger partial charge in [-0.15, -0.1) is 0 Å². The second-order valence-electron chi connectivity index (χ2n) is 7.87. The number of carbonyl (C=O) groups excluding carboxylic acids is 2. The molecule has 1 unspecified atom stereocenters. The van der Waals surface area contributed by atoms with Crippen LogP contribution in [0.25, 0.3) is 0 Å². The third-order valence-electron chi connectivity index (χ3n) is 5.52. The molecule has 5 nitrogen and oxygen atoms in total. The molecule has 1 fully saturated rings. The molecule has 2 aromatic rings. The Morgan fingerprint density at radius 2 is 1.77 bits per heavy atom. The highest BCUT2D eigenvalue weighted by Crippen LogP contribution is 2.30. The van der Waals surface area contributed by atoms with Crippen LogP contribution in [0, 0.1) is 5.92 Å². The molecule has 1 aliphatic heterocycles. The molecule has 0 spiro atoms. The number of aryl methyl sites for hydroxylation is 1. The van der Waals surface area contributed by atoms with Gasteiger partial charge < -0.3 is 10.2 Å². The topological polar surface area (TPSA) is 62.3 Å². The van der Waals surface area contributed by atoms with Crippen molar-refractivity contribution in [3.05, 3.63) is 59.9 Å². The number of hydrogen-bond acceptors (Lipinski definition) is 3. The van der Waals surface area contributed by atoms with Gasteiger partial charge in [0.05, 0.1) is 5.56 Å². The van der Waals surface area contributed by atoms with Crippen molar-refractivity contribution in [2.45, 2.75) is 44.7 Å². The second-order valence-corrected chi connectivity index (χ2v) is 7.87. The van der Waals surface area contributed by atoms with Gasteiger partial charge in [0.1, 0.15) is 0 Å². The first-order chi connectivity index (χ1) is 14.8. The van der Waals surface area contributed by atoms with E-state index >= 15 is 0 Å². The Hall–Kier alpha value is -2.90. The summed E-state index contributed by atoms with van der Waals surface area (Å²) in [5.41, 5.74) is 0.674. The predicted molar refractivity (Wildman–Crippen MR) is 111 cm³/mol. The van der Waals surface area contributed by atoms with E-state index < -0.39 is 11.7 Å². The zero-order valence-electron chi connectivity index (χ0n) is 17.2. The fourth-order valence-electron chi connectivity index (χ4n) is 3.79. The van der Waals surface area contributed by atoms with E-state index in [-0.39, 0.29) is 24.2 Å². The summed E-state index contributed by atoms with van der Waals surface area (Å²) >= 11 is 0. The summed E-state index contributed by atoms with van der Waals surface area (Å²) in [6, 6.07) is 8.22. The van der Waals surface area contributed by atoms with E-state index in [4.69, 9.17) is 0 Å². The highest BCUT2D eigenvalue weighted by atomic mass is 19.4. The summed E-state index contributed by atoms with van der Waals surface area (Å²) in [6.45, 7) is 1.38. The summed E-state index contributed by atoms with van der Waals surface area (Å²) in [5, 5.41) is 2.64. The average Bonchev–Trinajstić information content (AvgIpc) is 2.77. The van der Waals surface area contributed by atoms with E-state index in [9.17, 15) is 22.8 Å². The van der Waals surface area contributed by atoms with E-state index in [1.165, 1.54) is 12.1 Å². The van der Waals surface area contributed by atoms with E-state index in [1.54, 1.807) is 12.4 Å². The van der Waals surface area contributed by atoms with Crippen LogP contribution in [-0.2, 0) is 22.2 Å². The van der Waals surface area contributed by atoms with Crippen molar-refractivity contribution in [1.82, 2.24) is 9.88 Å². The molecule has 31 heavy (non-hydrogen) atoms. The van der Waals surface area contributed by atoms with Gasteiger partial charge in [0.15, 0.2) is 0 Å². The normalized spacial score (nSPS) is 16.7. The molecule has 1 atom stereocenters. The molecule has 1 aliphatic rings. The van der Waals surface area contributed by atoms with Crippen molar-refractivity contribution in [3.63, 3.8) is 0 Å².